The van der Waals surface area contributed by atoms with Crippen LogP contribution in [0.25, 0.3) is 5.82 Å². The van der Waals surface area contributed by atoms with Gasteiger partial charge in [-0.1, -0.05) is 41.9 Å². The Balaban J connectivity index is 1.88. The Bertz CT molecular complexity index is 1130. The van der Waals surface area contributed by atoms with Gasteiger partial charge in [0.15, 0.2) is 17.5 Å². The van der Waals surface area contributed by atoms with Crippen LogP contribution in [0.2, 0.25) is 5.15 Å². The molecule has 0 aliphatic rings. The quantitative estimate of drug-likeness (QED) is 0.387. The summed E-state index contributed by atoms with van der Waals surface area (Å²) in [6.45, 7) is 5.74. The maximum atomic E-state index is 14.7. The fourth-order valence-corrected chi connectivity index (χ4v) is 3.07. The molecular formula is C21H22ClFN4O4. The van der Waals surface area contributed by atoms with Crippen LogP contribution in [-0.4, -0.2) is 31.4 Å². The van der Waals surface area contributed by atoms with Crippen molar-refractivity contribution in [1.82, 2.24) is 19.3 Å². The number of hydrogen-bond acceptors (Lipinski definition) is 6. The van der Waals surface area contributed by atoms with Gasteiger partial charge in [-0.3, -0.25) is 4.57 Å². The van der Waals surface area contributed by atoms with E-state index in [0.29, 0.717) is 19.0 Å². The number of hydrogen-bond donors (Lipinski definition) is 0. The molecule has 0 aliphatic carbocycles. The molecule has 0 atom stereocenters. The summed E-state index contributed by atoms with van der Waals surface area (Å²) in [6.07, 6.45) is -0.410. The third-order valence-electron chi connectivity index (χ3n) is 4.27. The molecule has 164 valence electrons. The number of carbonyl (C=O) groups excluding carboxylic acids is 1. The number of nitrogens with zero attached hydrogens (tertiary/aromatic N) is 4. The summed E-state index contributed by atoms with van der Waals surface area (Å²) in [4.78, 5) is 28.7. The Morgan fingerprint density at radius 3 is 2.58 bits per heavy atom. The first-order chi connectivity index (χ1) is 14.8. The maximum absolute atomic E-state index is 14.7. The molecule has 8 nitrogen and oxygen atoms in total. The average molecular weight is 449 g/mol. The van der Waals surface area contributed by atoms with E-state index in [0.717, 1.165) is 16.3 Å². The first-order valence-corrected chi connectivity index (χ1v) is 10.1. The molecule has 0 saturated carbocycles. The molecule has 0 N–H and O–H groups in total. The summed E-state index contributed by atoms with van der Waals surface area (Å²) < 4.78 is 27.6. The van der Waals surface area contributed by atoms with E-state index in [4.69, 9.17) is 21.1 Å². The van der Waals surface area contributed by atoms with Crippen molar-refractivity contribution >= 4 is 17.6 Å². The van der Waals surface area contributed by atoms with Crippen LogP contribution in [0, 0.1) is 5.82 Å². The third-order valence-corrected chi connectivity index (χ3v) is 4.56. The van der Waals surface area contributed by atoms with Crippen molar-refractivity contribution in [3.05, 3.63) is 74.8 Å². The molecule has 0 saturated heterocycles. The SMILES string of the molecule is CCn1c(COCc2ccccc2)nn(-c2nc(Cl)c(C(=O)OC(C)C)cc2F)c1=O. The van der Waals surface area contributed by atoms with Crippen molar-refractivity contribution in [2.24, 2.45) is 0 Å². The minimum atomic E-state index is -0.931. The second-order valence-corrected chi connectivity index (χ2v) is 7.28. The third kappa shape index (κ3) is 5.18. The van der Waals surface area contributed by atoms with Crippen molar-refractivity contribution in [1.29, 1.82) is 0 Å². The number of benzene rings is 1. The zero-order chi connectivity index (χ0) is 22.5. The Kier molecular flexibility index (Phi) is 7.19. The highest BCUT2D eigenvalue weighted by atomic mass is 35.5. The monoisotopic (exact) mass is 448 g/mol. The van der Waals surface area contributed by atoms with Gasteiger partial charge in [0.25, 0.3) is 0 Å². The van der Waals surface area contributed by atoms with E-state index in [1.54, 1.807) is 20.8 Å². The van der Waals surface area contributed by atoms with Gasteiger partial charge < -0.3 is 9.47 Å². The highest BCUT2D eigenvalue weighted by Crippen LogP contribution is 2.20. The lowest BCUT2D eigenvalue weighted by molar-refractivity contribution is 0.0377. The van der Waals surface area contributed by atoms with Gasteiger partial charge in [0, 0.05) is 6.54 Å². The lowest BCUT2D eigenvalue weighted by Crippen LogP contribution is -2.25. The van der Waals surface area contributed by atoms with Crippen LogP contribution < -0.4 is 5.69 Å². The van der Waals surface area contributed by atoms with Gasteiger partial charge in [-0.05, 0) is 32.4 Å². The molecule has 0 fully saturated rings. The number of pyridine rings is 1. The van der Waals surface area contributed by atoms with E-state index >= 15 is 0 Å². The predicted molar refractivity (Wildman–Crippen MR) is 112 cm³/mol. The van der Waals surface area contributed by atoms with E-state index in [-0.39, 0.29) is 17.3 Å². The zero-order valence-corrected chi connectivity index (χ0v) is 18.1. The number of esters is 1. The maximum Gasteiger partial charge on any atom is 0.352 e. The van der Waals surface area contributed by atoms with Crippen LogP contribution in [0.15, 0.2) is 41.2 Å². The summed E-state index contributed by atoms with van der Waals surface area (Å²) in [5.41, 5.74) is 0.141. The smallest absolute Gasteiger partial charge is 0.352 e. The fraction of sp³-hybridized carbons (Fsp3) is 0.333. The molecule has 0 aliphatic heterocycles. The van der Waals surface area contributed by atoms with Crippen molar-refractivity contribution in [3.63, 3.8) is 0 Å². The lowest BCUT2D eigenvalue weighted by Gasteiger charge is -2.10. The number of aromatic nitrogens is 4. The molecule has 31 heavy (non-hydrogen) atoms. The summed E-state index contributed by atoms with van der Waals surface area (Å²) in [6, 6.07) is 10.4. The largest absolute Gasteiger partial charge is 0.459 e. The number of ether oxygens (including phenoxy) is 2. The van der Waals surface area contributed by atoms with E-state index in [1.165, 1.54) is 4.57 Å². The van der Waals surface area contributed by atoms with Crippen LogP contribution >= 0.6 is 11.6 Å². The van der Waals surface area contributed by atoms with Gasteiger partial charge in [-0.2, -0.15) is 4.68 Å². The summed E-state index contributed by atoms with van der Waals surface area (Å²) in [5.74, 6) is -1.84. The Morgan fingerprint density at radius 2 is 1.94 bits per heavy atom. The molecule has 10 heteroatoms. The first-order valence-electron chi connectivity index (χ1n) is 9.69. The highest BCUT2D eigenvalue weighted by Gasteiger charge is 2.23. The molecule has 0 radical (unpaired) electrons. The van der Waals surface area contributed by atoms with Crippen LogP contribution in [0.3, 0.4) is 0 Å². The van der Waals surface area contributed by atoms with Crippen LogP contribution in [0.4, 0.5) is 4.39 Å². The topological polar surface area (TPSA) is 88.2 Å². The van der Waals surface area contributed by atoms with Gasteiger partial charge in [-0.25, -0.2) is 19.0 Å². The second-order valence-electron chi connectivity index (χ2n) is 6.92. The minimum Gasteiger partial charge on any atom is -0.459 e. The molecule has 0 bridgehead atoms. The Hall–Kier alpha value is -3.04. The molecule has 3 aromatic rings. The predicted octanol–water partition coefficient (Wildman–Crippen LogP) is 3.52. The van der Waals surface area contributed by atoms with Crippen LogP contribution in [0.1, 0.15) is 42.5 Å². The van der Waals surface area contributed by atoms with E-state index in [9.17, 15) is 14.0 Å². The molecule has 2 heterocycles. The molecule has 0 spiro atoms. The fourth-order valence-electron chi connectivity index (χ4n) is 2.86. The van der Waals surface area contributed by atoms with E-state index < -0.39 is 29.4 Å². The minimum absolute atomic E-state index is 0.0408. The average Bonchev–Trinajstić information content (AvgIpc) is 3.04. The normalized spacial score (nSPS) is 11.2. The number of rotatable bonds is 8. The van der Waals surface area contributed by atoms with E-state index in [2.05, 4.69) is 10.1 Å². The van der Waals surface area contributed by atoms with Crippen molar-refractivity contribution < 1.29 is 18.7 Å². The molecule has 0 amide bonds. The molecule has 3 rings (SSSR count). The molecule has 1 aromatic carbocycles. The van der Waals surface area contributed by atoms with Crippen LogP contribution in [0.5, 0.6) is 0 Å². The summed E-state index contributed by atoms with van der Waals surface area (Å²) in [7, 11) is 0. The van der Waals surface area contributed by atoms with Crippen LogP contribution in [-0.2, 0) is 29.2 Å². The number of halogens is 2. The highest BCUT2D eigenvalue weighted by molar-refractivity contribution is 6.32. The molecular weight excluding hydrogens is 427 g/mol. The van der Waals surface area contributed by atoms with Crippen molar-refractivity contribution in [2.75, 3.05) is 0 Å². The zero-order valence-electron chi connectivity index (χ0n) is 17.3. The van der Waals surface area contributed by atoms with Gasteiger partial charge in [-0.15, -0.1) is 5.10 Å². The molecule has 2 aromatic heterocycles. The lowest BCUT2D eigenvalue weighted by atomic mass is 10.2. The van der Waals surface area contributed by atoms with Gasteiger partial charge in [0.1, 0.15) is 17.3 Å². The van der Waals surface area contributed by atoms with Crippen molar-refractivity contribution in [3.8, 4) is 5.82 Å². The van der Waals surface area contributed by atoms with Crippen molar-refractivity contribution in [2.45, 2.75) is 46.6 Å². The Labute approximate surface area is 183 Å². The Morgan fingerprint density at radius 1 is 1.23 bits per heavy atom. The van der Waals surface area contributed by atoms with Gasteiger partial charge >= 0.3 is 11.7 Å². The summed E-state index contributed by atoms with van der Waals surface area (Å²) >= 11 is 6.06. The summed E-state index contributed by atoms with van der Waals surface area (Å²) in [5, 5.41) is 3.88. The standard InChI is InChI=1S/C21H22ClFN4O4/c1-4-26-17(12-30-11-14-8-6-5-7-9-14)25-27(21(26)29)19-16(23)10-15(18(22)24-19)20(28)31-13(2)3/h5-10,13H,4,11-12H2,1-3H3. The molecule has 0 unspecified atom stereocenters. The van der Waals surface area contributed by atoms with Gasteiger partial charge in [0.2, 0.25) is 0 Å². The van der Waals surface area contributed by atoms with E-state index in [1.807, 2.05) is 30.3 Å². The second kappa shape index (κ2) is 9.84. The number of carbonyl (C=O) groups is 1. The first kappa shape index (κ1) is 22.6. The van der Waals surface area contributed by atoms with Gasteiger partial charge in [0.05, 0.1) is 12.7 Å².